The van der Waals surface area contributed by atoms with Crippen LogP contribution in [-0.4, -0.2) is 61.6 Å². The summed E-state index contributed by atoms with van der Waals surface area (Å²) in [7, 11) is 1.75. The Morgan fingerprint density at radius 3 is 2.72 bits per heavy atom. The lowest BCUT2D eigenvalue weighted by molar-refractivity contribution is -0.154. The number of amides is 1. The molecule has 0 aromatic carbocycles. The number of guanidine groups is 1. The van der Waals surface area contributed by atoms with Gasteiger partial charge in [-0.15, -0.1) is 24.0 Å². The minimum atomic E-state index is -0.458. The second-order valence-electron chi connectivity index (χ2n) is 7.79. The highest BCUT2D eigenvalue weighted by Gasteiger charge is 2.42. The number of carbonyl (C=O) groups is 2. The minimum Gasteiger partial charge on any atom is -0.460 e. The highest BCUT2D eigenvalue weighted by atomic mass is 127. The quantitative estimate of drug-likeness (QED) is 0.285. The maximum absolute atomic E-state index is 11.8. The van der Waals surface area contributed by atoms with Crippen LogP contribution in [0.4, 0.5) is 0 Å². The number of carbonyl (C=O) groups excluding carboxylic acids is 2. The van der Waals surface area contributed by atoms with Crippen LogP contribution >= 0.6 is 24.0 Å². The first-order valence-electron chi connectivity index (χ1n) is 8.67. The molecular formula is C17H31IN4O3. The van der Waals surface area contributed by atoms with Crippen LogP contribution in [0.2, 0.25) is 0 Å². The summed E-state index contributed by atoms with van der Waals surface area (Å²) < 4.78 is 5.31. The normalized spacial score (nSPS) is 23.9. The lowest BCUT2D eigenvalue weighted by Crippen LogP contribution is -2.51. The van der Waals surface area contributed by atoms with Crippen LogP contribution in [0.3, 0.4) is 0 Å². The number of nitrogens with one attached hydrogen (secondary N) is 2. The van der Waals surface area contributed by atoms with Crippen molar-refractivity contribution in [1.29, 1.82) is 0 Å². The maximum Gasteiger partial charge on any atom is 0.308 e. The second-order valence-corrected chi connectivity index (χ2v) is 7.79. The minimum absolute atomic E-state index is 0. The van der Waals surface area contributed by atoms with E-state index >= 15 is 0 Å². The van der Waals surface area contributed by atoms with Gasteiger partial charge in [-0.05, 0) is 33.6 Å². The predicted octanol–water partition coefficient (Wildman–Crippen LogP) is 1.51. The molecule has 0 saturated carbocycles. The lowest BCUT2D eigenvalue weighted by atomic mass is 9.79. The van der Waals surface area contributed by atoms with Gasteiger partial charge in [-0.2, -0.15) is 0 Å². The van der Waals surface area contributed by atoms with E-state index in [1.807, 2.05) is 20.8 Å². The molecule has 1 spiro atoms. The number of hydrogen-bond acceptors (Lipinski definition) is 4. The molecule has 2 aliphatic heterocycles. The van der Waals surface area contributed by atoms with Crippen molar-refractivity contribution in [3.05, 3.63) is 0 Å². The number of nitrogens with zero attached hydrogens (tertiary/aromatic N) is 2. The SMILES string of the molecule is CN=C(NCCC(=O)OC(C)(C)C)N1CCCC2(CNC(=O)C2)C1.I. The van der Waals surface area contributed by atoms with Crippen LogP contribution < -0.4 is 10.6 Å². The number of halogens is 1. The maximum atomic E-state index is 11.8. The summed E-state index contributed by atoms with van der Waals surface area (Å²) in [6.45, 7) is 8.56. The largest absolute Gasteiger partial charge is 0.460 e. The Kier molecular flexibility index (Phi) is 7.95. The molecule has 2 fully saturated rings. The Balaban J connectivity index is 0.00000312. The Bertz CT molecular complexity index is 519. The van der Waals surface area contributed by atoms with E-state index in [-0.39, 0.29) is 41.3 Å². The number of rotatable bonds is 3. The van der Waals surface area contributed by atoms with Crippen LogP contribution in [-0.2, 0) is 14.3 Å². The van der Waals surface area contributed by atoms with Crippen molar-refractivity contribution in [2.75, 3.05) is 33.2 Å². The number of hydrogen-bond donors (Lipinski definition) is 2. The van der Waals surface area contributed by atoms with Crippen LogP contribution in [0.15, 0.2) is 4.99 Å². The summed E-state index contributed by atoms with van der Waals surface area (Å²) in [4.78, 5) is 29.9. The monoisotopic (exact) mass is 466 g/mol. The van der Waals surface area contributed by atoms with Gasteiger partial charge in [0.2, 0.25) is 5.91 Å². The zero-order valence-electron chi connectivity index (χ0n) is 15.7. The van der Waals surface area contributed by atoms with E-state index in [1.165, 1.54) is 0 Å². The molecule has 1 amide bonds. The van der Waals surface area contributed by atoms with E-state index in [2.05, 4.69) is 20.5 Å². The van der Waals surface area contributed by atoms with E-state index in [0.717, 1.165) is 38.4 Å². The van der Waals surface area contributed by atoms with Crippen molar-refractivity contribution < 1.29 is 14.3 Å². The molecule has 0 bridgehead atoms. The van der Waals surface area contributed by atoms with Crippen molar-refractivity contribution in [3.63, 3.8) is 0 Å². The first-order valence-corrected chi connectivity index (χ1v) is 8.67. The van der Waals surface area contributed by atoms with Gasteiger partial charge in [0, 0.05) is 45.1 Å². The molecule has 2 aliphatic rings. The number of aliphatic imine (C=N–C) groups is 1. The van der Waals surface area contributed by atoms with E-state index in [9.17, 15) is 9.59 Å². The van der Waals surface area contributed by atoms with Crippen molar-refractivity contribution in [2.24, 2.45) is 10.4 Å². The number of esters is 1. The van der Waals surface area contributed by atoms with E-state index in [4.69, 9.17) is 4.74 Å². The average Bonchev–Trinajstić information content (AvgIpc) is 2.82. The molecule has 2 rings (SSSR count). The first kappa shape index (κ1) is 22.0. The number of likely N-dealkylation sites (tertiary alicyclic amines) is 1. The Morgan fingerprint density at radius 2 is 2.16 bits per heavy atom. The zero-order valence-corrected chi connectivity index (χ0v) is 18.0. The van der Waals surface area contributed by atoms with Gasteiger partial charge in [0.1, 0.15) is 5.60 Å². The van der Waals surface area contributed by atoms with Gasteiger partial charge in [-0.25, -0.2) is 0 Å². The molecule has 0 radical (unpaired) electrons. The zero-order chi connectivity index (χ0) is 17.8. The van der Waals surface area contributed by atoms with E-state index in [0.29, 0.717) is 19.4 Å². The van der Waals surface area contributed by atoms with Gasteiger partial charge in [0.05, 0.1) is 6.42 Å². The summed E-state index contributed by atoms with van der Waals surface area (Å²) in [5.41, 5.74) is -0.432. The van der Waals surface area contributed by atoms with Crippen molar-refractivity contribution >= 4 is 41.8 Å². The summed E-state index contributed by atoms with van der Waals surface area (Å²) in [5.74, 6) is 0.716. The Morgan fingerprint density at radius 1 is 1.44 bits per heavy atom. The molecular weight excluding hydrogens is 435 g/mol. The highest BCUT2D eigenvalue weighted by Crippen LogP contribution is 2.35. The fraction of sp³-hybridized carbons (Fsp3) is 0.824. The third kappa shape index (κ3) is 6.63. The average molecular weight is 466 g/mol. The van der Waals surface area contributed by atoms with Crippen molar-refractivity contribution in [2.45, 2.75) is 52.1 Å². The molecule has 2 N–H and O–H groups in total. The molecule has 1 atom stereocenters. The molecule has 144 valence electrons. The topological polar surface area (TPSA) is 83.0 Å². The van der Waals surface area contributed by atoms with Gasteiger partial charge in [0.15, 0.2) is 5.96 Å². The summed E-state index contributed by atoms with van der Waals surface area (Å²) in [6, 6.07) is 0. The van der Waals surface area contributed by atoms with Gasteiger partial charge >= 0.3 is 5.97 Å². The van der Waals surface area contributed by atoms with Crippen LogP contribution in [0, 0.1) is 5.41 Å². The smallest absolute Gasteiger partial charge is 0.308 e. The third-order valence-electron chi connectivity index (χ3n) is 4.40. The Labute approximate surface area is 167 Å². The third-order valence-corrected chi connectivity index (χ3v) is 4.40. The summed E-state index contributed by atoms with van der Waals surface area (Å²) in [5, 5.41) is 6.19. The number of ether oxygens (including phenoxy) is 1. The number of piperidine rings is 1. The standard InChI is InChI=1S/C17H30N4O3.HI/c1-16(2,3)24-14(23)6-8-19-15(18-4)21-9-5-7-17(12-21)10-13(22)20-11-17;/h5-12H2,1-4H3,(H,18,19)(H,20,22);1H. The second kappa shape index (κ2) is 9.05. The molecule has 1 unspecified atom stereocenters. The molecule has 0 aliphatic carbocycles. The van der Waals surface area contributed by atoms with E-state index < -0.39 is 5.60 Å². The van der Waals surface area contributed by atoms with Gasteiger partial charge in [0.25, 0.3) is 0 Å². The molecule has 2 saturated heterocycles. The van der Waals surface area contributed by atoms with Crippen LogP contribution in [0.5, 0.6) is 0 Å². The van der Waals surface area contributed by atoms with Gasteiger partial charge in [-0.3, -0.25) is 14.6 Å². The molecule has 0 aromatic heterocycles. The fourth-order valence-electron chi connectivity index (χ4n) is 3.43. The molecule has 25 heavy (non-hydrogen) atoms. The van der Waals surface area contributed by atoms with Crippen molar-refractivity contribution in [3.8, 4) is 0 Å². The fourth-order valence-corrected chi connectivity index (χ4v) is 3.43. The molecule has 7 nitrogen and oxygen atoms in total. The predicted molar refractivity (Wildman–Crippen MR) is 108 cm³/mol. The van der Waals surface area contributed by atoms with Crippen LogP contribution in [0.25, 0.3) is 0 Å². The summed E-state index contributed by atoms with van der Waals surface area (Å²) >= 11 is 0. The summed E-state index contributed by atoms with van der Waals surface area (Å²) in [6.07, 6.45) is 3.01. The highest BCUT2D eigenvalue weighted by molar-refractivity contribution is 14.0. The molecule has 2 heterocycles. The van der Waals surface area contributed by atoms with E-state index in [1.54, 1.807) is 7.05 Å². The first-order chi connectivity index (χ1) is 11.2. The lowest BCUT2D eigenvalue weighted by Gasteiger charge is -2.40. The van der Waals surface area contributed by atoms with Gasteiger partial charge in [-0.1, -0.05) is 0 Å². The Hall–Kier alpha value is -1.06. The molecule has 0 aromatic rings. The molecule has 8 heteroatoms. The van der Waals surface area contributed by atoms with Crippen LogP contribution in [0.1, 0.15) is 46.5 Å². The van der Waals surface area contributed by atoms with Gasteiger partial charge < -0.3 is 20.3 Å². The van der Waals surface area contributed by atoms with Crippen molar-refractivity contribution in [1.82, 2.24) is 15.5 Å².